The van der Waals surface area contributed by atoms with E-state index in [0.717, 1.165) is 18.7 Å². The molecule has 2 fully saturated rings. The van der Waals surface area contributed by atoms with Crippen molar-refractivity contribution in [3.8, 4) is 6.07 Å². The summed E-state index contributed by atoms with van der Waals surface area (Å²) in [6.07, 6.45) is 8.75. The summed E-state index contributed by atoms with van der Waals surface area (Å²) in [5, 5.41) is 12.8. The molecular formula is C22H28N6O2S. The quantitative estimate of drug-likeness (QED) is 0.694. The highest BCUT2D eigenvalue weighted by Gasteiger charge is 2.37. The Labute approximate surface area is 186 Å². The fraction of sp³-hybridized carbons (Fsp3) is 0.591. The molecule has 1 N–H and O–H groups in total. The molecule has 0 radical (unpaired) electrons. The van der Waals surface area contributed by atoms with Crippen molar-refractivity contribution in [2.45, 2.75) is 45.4 Å². The first-order valence-corrected chi connectivity index (χ1v) is 11.7. The molecule has 0 aromatic carbocycles. The van der Waals surface area contributed by atoms with Crippen molar-refractivity contribution in [1.29, 1.82) is 5.26 Å². The zero-order chi connectivity index (χ0) is 21.8. The smallest absolute Gasteiger partial charge is 0.310 e. The van der Waals surface area contributed by atoms with Gasteiger partial charge in [0.2, 0.25) is 5.95 Å². The van der Waals surface area contributed by atoms with Crippen LogP contribution in [0.25, 0.3) is 0 Å². The van der Waals surface area contributed by atoms with E-state index in [9.17, 15) is 4.79 Å². The van der Waals surface area contributed by atoms with Crippen molar-refractivity contribution in [3.63, 3.8) is 0 Å². The van der Waals surface area contributed by atoms with Gasteiger partial charge in [0.05, 0.1) is 19.2 Å². The number of piperidine rings is 1. The van der Waals surface area contributed by atoms with Crippen LogP contribution in [0.4, 0.5) is 16.9 Å². The molecule has 1 saturated heterocycles. The van der Waals surface area contributed by atoms with Crippen LogP contribution in [-0.4, -0.2) is 41.1 Å². The summed E-state index contributed by atoms with van der Waals surface area (Å²) in [6, 6.07) is 3.95. The van der Waals surface area contributed by atoms with Crippen molar-refractivity contribution in [2.24, 2.45) is 17.8 Å². The number of ether oxygens (including phenoxy) is 1. The Hall–Kier alpha value is -2.73. The summed E-state index contributed by atoms with van der Waals surface area (Å²) in [5.74, 6) is 2.03. The lowest BCUT2D eigenvalue weighted by molar-refractivity contribution is -0.146. The van der Waals surface area contributed by atoms with Gasteiger partial charge in [-0.15, -0.1) is 0 Å². The molecule has 9 heteroatoms. The number of rotatable bonds is 5. The number of nitrogens with one attached hydrogen (secondary N) is 1. The van der Waals surface area contributed by atoms with Crippen LogP contribution in [0.5, 0.6) is 0 Å². The lowest BCUT2D eigenvalue weighted by Gasteiger charge is -2.41. The Bertz CT molecular complexity index is 965. The number of nitrogens with zero attached hydrogens (tertiary/aromatic N) is 5. The van der Waals surface area contributed by atoms with Gasteiger partial charge in [-0.1, -0.05) is 43.4 Å². The highest BCUT2D eigenvalue weighted by molar-refractivity contribution is 7.16. The summed E-state index contributed by atoms with van der Waals surface area (Å²) in [4.78, 5) is 28.7. The molecule has 2 aromatic rings. The number of nitriles is 1. The molecule has 0 spiro atoms. The Morgan fingerprint density at radius 3 is 2.77 bits per heavy atom. The van der Waals surface area contributed by atoms with Gasteiger partial charge in [0.25, 0.3) is 0 Å². The van der Waals surface area contributed by atoms with E-state index in [2.05, 4.69) is 26.3 Å². The molecule has 4 rings (SSSR count). The van der Waals surface area contributed by atoms with Gasteiger partial charge in [-0.25, -0.2) is 9.97 Å². The zero-order valence-corrected chi connectivity index (χ0v) is 18.8. The number of hydrogen-bond acceptors (Lipinski definition) is 9. The van der Waals surface area contributed by atoms with Crippen LogP contribution in [0.1, 0.15) is 49.1 Å². The van der Waals surface area contributed by atoms with Crippen molar-refractivity contribution < 1.29 is 9.53 Å². The fourth-order valence-corrected chi connectivity index (χ4v) is 5.46. The second-order valence-electron chi connectivity index (χ2n) is 8.48. The van der Waals surface area contributed by atoms with Crippen LogP contribution in [0.3, 0.4) is 0 Å². The second-order valence-corrected chi connectivity index (χ2v) is 9.51. The minimum atomic E-state index is -0.164. The molecule has 8 nitrogen and oxygen atoms in total. The van der Waals surface area contributed by atoms with Gasteiger partial charge in [0.1, 0.15) is 16.8 Å². The molecule has 0 bridgehead atoms. The van der Waals surface area contributed by atoms with Crippen molar-refractivity contribution in [2.75, 3.05) is 30.4 Å². The Balaban J connectivity index is 1.57. The molecule has 1 saturated carbocycles. The number of carbonyl (C=O) groups is 1. The minimum Gasteiger partial charge on any atom is -0.469 e. The monoisotopic (exact) mass is 440 g/mol. The van der Waals surface area contributed by atoms with Crippen LogP contribution >= 0.6 is 11.3 Å². The number of carbonyl (C=O) groups excluding carboxylic acids is 1. The number of methoxy groups -OCH3 is 1. The zero-order valence-electron chi connectivity index (χ0n) is 18.0. The average molecular weight is 441 g/mol. The minimum absolute atomic E-state index is 0.150. The molecule has 2 aromatic heterocycles. The summed E-state index contributed by atoms with van der Waals surface area (Å²) < 4.78 is 5.10. The fourth-order valence-electron chi connectivity index (χ4n) is 4.84. The molecule has 31 heavy (non-hydrogen) atoms. The van der Waals surface area contributed by atoms with Gasteiger partial charge in [0.15, 0.2) is 5.13 Å². The molecule has 3 heterocycles. The Morgan fingerprint density at radius 1 is 1.26 bits per heavy atom. The van der Waals surface area contributed by atoms with E-state index in [1.54, 1.807) is 6.20 Å². The first-order valence-electron chi connectivity index (χ1n) is 10.9. The van der Waals surface area contributed by atoms with Gasteiger partial charge in [-0.2, -0.15) is 10.2 Å². The van der Waals surface area contributed by atoms with E-state index in [-0.39, 0.29) is 11.9 Å². The first-order chi connectivity index (χ1) is 15.1. The topological polar surface area (TPSA) is 104 Å². The first kappa shape index (κ1) is 21.5. The van der Waals surface area contributed by atoms with Crippen molar-refractivity contribution in [3.05, 3.63) is 22.8 Å². The lowest BCUT2D eigenvalue weighted by atomic mass is 9.74. The van der Waals surface area contributed by atoms with E-state index in [0.29, 0.717) is 40.2 Å². The van der Waals surface area contributed by atoms with Crippen LogP contribution in [0.15, 0.2) is 12.3 Å². The van der Waals surface area contributed by atoms with Gasteiger partial charge < -0.3 is 15.0 Å². The maximum Gasteiger partial charge on any atom is 0.310 e. The normalized spacial score (nSPS) is 22.0. The average Bonchev–Trinajstić information content (AvgIpc) is 3.26. The maximum absolute atomic E-state index is 12.4. The van der Waals surface area contributed by atoms with Crippen molar-refractivity contribution >= 4 is 34.2 Å². The molecule has 1 aliphatic heterocycles. The molecule has 1 aliphatic carbocycles. The molecule has 164 valence electrons. The van der Waals surface area contributed by atoms with E-state index >= 15 is 0 Å². The van der Waals surface area contributed by atoms with Crippen LogP contribution in [0, 0.1) is 36.0 Å². The molecule has 2 unspecified atom stereocenters. The highest BCUT2D eigenvalue weighted by atomic mass is 32.1. The van der Waals surface area contributed by atoms with Crippen LogP contribution in [0.2, 0.25) is 0 Å². The number of esters is 1. The van der Waals surface area contributed by atoms with E-state index in [1.165, 1.54) is 50.6 Å². The van der Waals surface area contributed by atoms with E-state index in [1.807, 2.05) is 13.0 Å². The molecule has 2 aliphatic rings. The predicted molar refractivity (Wildman–Crippen MR) is 119 cm³/mol. The van der Waals surface area contributed by atoms with Crippen LogP contribution < -0.4 is 10.2 Å². The number of hydrogen-bond donors (Lipinski definition) is 1. The van der Waals surface area contributed by atoms with Gasteiger partial charge in [0, 0.05) is 24.8 Å². The predicted octanol–water partition coefficient (Wildman–Crippen LogP) is 4.05. The third kappa shape index (κ3) is 5.13. The van der Waals surface area contributed by atoms with Gasteiger partial charge >= 0.3 is 5.97 Å². The summed E-state index contributed by atoms with van der Waals surface area (Å²) in [7, 11) is 1.46. The van der Waals surface area contributed by atoms with Crippen LogP contribution in [-0.2, 0) is 9.53 Å². The van der Waals surface area contributed by atoms with E-state index < -0.39 is 0 Å². The largest absolute Gasteiger partial charge is 0.469 e. The summed E-state index contributed by atoms with van der Waals surface area (Å²) >= 11 is 1.28. The summed E-state index contributed by atoms with van der Waals surface area (Å²) in [5.41, 5.74) is 0.832. The molecular weight excluding hydrogens is 412 g/mol. The Morgan fingerprint density at radius 2 is 2.06 bits per heavy atom. The number of anilines is 3. The Kier molecular flexibility index (Phi) is 6.66. The van der Waals surface area contributed by atoms with Gasteiger partial charge in [-0.3, -0.25) is 4.79 Å². The van der Waals surface area contributed by atoms with Crippen molar-refractivity contribution in [1.82, 2.24) is 15.0 Å². The number of aryl methyl sites for hydroxylation is 1. The maximum atomic E-state index is 12.4. The standard InChI is InChI=1S/C22H28N6O2S/c1-14-8-19(27-22-24-11-18(10-23)31-22)26-21(25-14)28-12-16(15-6-4-3-5-7-15)9-17(13-28)20(29)30-2/h8,11,15-17H,3-7,9,12-13H2,1-2H3,(H,24,25,26,27). The SMILES string of the molecule is COC(=O)C1CC(C2CCCCC2)CN(c2nc(C)cc(Nc3ncc(C#N)s3)n2)C1. The number of aromatic nitrogens is 3. The lowest BCUT2D eigenvalue weighted by Crippen LogP contribution is -2.46. The highest BCUT2D eigenvalue weighted by Crippen LogP contribution is 2.38. The third-order valence-electron chi connectivity index (χ3n) is 6.31. The summed E-state index contributed by atoms with van der Waals surface area (Å²) in [6.45, 7) is 3.35. The van der Waals surface area contributed by atoms with E-state index in [4.69, 9.17) is 15.0 Å². The van der Waals surface area contributed by atoms with Gasteiger partial charge in [-0.05, 0) is 25.2 Å². The third-order valence-corrected chi connectivity index (χ3v) is 7.13. The molecule has 2 atom stereocenters. The number of thiazole rings is 1. The second kappa shape index (κ2) is 9.60. The molecule has 0 amide bonds.